The summed E-state index contributed by atoms with van der Waals surface area (Å²) in [6.07, 6.45) is 14.5. The van der Waals surface area contributed by atoms with E-state index in [2.05, 4.69) is 23.8 Å². The average Bonchev–Trinajstić information content (AvgIpc) is 2.53. The quantitative estimate of drug-likeness (QED) is 0.271. The maximum absolute atomic E-state index is 11.3. The highest BCUT2D eigenvalue weighted by molar-refractivity contribution is 5.73. The number of carbonyl (C=O) groups excluding carboxylic acids is 1. The van der Waals surface area contributed by atoms with Crippen LogP contribution >= 0.6 is 0 Å². The van der Waals surface area contributed by atoms with Gasteiger partial charge in [-0.05, 0) is 32.1 Å². The van der Waals surface area contributed by atoms with Crippen LogP contribution in [-0.4, -0.2) is 34.9 Å². The van der Waals surface area contributed by atoms with Crippen LogP contribution in [-0.2, 0) is 14.3 Å². The zero-order chi connectivity index (χ0) is 17.3. The minimum absolute atomic E-state index is 0.271. The Morgan fingerprint density at radius 1 is 0.957 bits per heavy atom. The van der Waals surface area contributed by atoms with Crippen molar-refractivity contribution in [1.29, 1.82) is 0 Å². The van der Waals surface area contributed by atoms with E-state index in [4.69, 9.17) is 10.2 Å². The summed E-state index contributed by atoms with van der Waals surface area (Å²) in [6.45, 7) is 1.74. The SMILES string of the molecule is CCCCCCC/C=C\CCCCCC(=O)OC[C@@H](O)C(=O)O. The van der Waals surface area contributed by atoms with Gasteiger partial charge in [0.1, 0.15) is 6.61 Å². The number of aliphatic carboxylic acids is 1. The Labute approximate surface area is 139 Å². The molecule has 0 saturated carbocycles. The fraction of sp³-hybridized carbons (Fsp3) is 0.778. The lowest BCUT2D eigenvalue weighted by molar-refractivity contribution is -0.156. The maximum atomic E-state index is 11.3. The Balaban J connectivity index is 3.35. The number of hydrogen-bond donors (Lipinski definition) is 2. The molecule has 0 saturated heterocycles. The monoisotopic (exact) mass is 328 g/mol. The van der Waals surface area contributed by atoms with Crippen LogP contribution in [0.25, 0.3) is 0 Å². The Morgan fingerprint density at radius 2 is 1.52 bits per heavy atom. The van der Waals surface area contributed by atoms with Crippen molar-refractivity contribution < 1.29 is 24.5 Å². The molecule has 0 aliphatic carbocycles. The Bertz CT molecular complexity index is 338. The molecule has 0 heterocycles. The predicted octanol–water partition coefficient (Wildman–Crippen LogP) is 3.84. The minimum Gasteiger partial charge on any atom is -0.479 e. The van der Waals surface area contributed by atoms with Gasteiger partial charge in [0, 0.05) is 6.42 Å². The van der Waals surface area contributed by atoms with Crippen molar-refractivity contribution in [2.24, 2.45) is 0 Å². The molecule has 5 nitrogen and oxygen atoms in total. The Kier molecular flexibility index (Phi) is 14.6. The smallest absolute Gasteiger partial charge is 0.336 e. The molecule has 0 aromatic heterocycles. The lowest BCUT2D eigenvalue weighted by Crippen LogP contribution is -2.26. The normalized spacial score (nSPS) is 12.4. The van der Waals surface area contributed by atoms with Crippen molar-refractivity contribution in [3.63, 3.8) is 0 Å². The van der Waals surface area contributed by atoms with Crippen molar-refractivity contribution in [3.05, 3.63) is 12.2 Å². The Morgan fingerprint density at radius 3 is 2.09 bits per heavy atom. The maximum Gasteiger partial charge on any atom is 0.336 e. The second-order valence-electron chi connectivity index (χ2n) is 5.81. The molecule has 2 N–H and O–H groups in total. The van der Waals surface area contributed by atoms with E-state index in [0.29, 0.717) is 0 Å². The molecule has 1 atom stereocenters. The van der Waals surface area contributed by atoms with Crippen molar-refractivity contribution in [1.82, 2.24) is 0 Å². The number of aliphatic hydroxyl groups is 1. The van der Waals surface area contributed by atoms with Crippen LogP contribution in [0.15, 0.2) is 12.2 Å². The number of carboxylic acids is 1. The van der Waals surface area contributed by atoms with E-state index < -0.39 is 24.6 Å². The van der Waals surface area contributed by atoms with E-state index in [1.54, 1.807) is 0 Å². The molecular formula is C18H32O5. The van der Waals surface area contributed by atoms with Gasteiger partial charge in [-0.1, -0.05) is 51.2 Å². The van der Waals surface area contributed by atoms with Crippen LogP contribution < -0.4 is 0 Å². The highest BCUT2D eigenvalue weighted by Gasteiger charge is 2.15. The molecule has 0 fully saturated rings. The molecule has 0 spiro atoms. The largest absolute Gasteiger partial charge is 0.479 e. The number of ether oxygens (including phenoxy) is 1. The van der Waals surface area contributed by atoms with Gasteiger partial charge in [0.25, 0.3) is 0 Å². The molecule has 0 amide bonds. The topological polar surface area (TPSA) is 83.8 Å². The third kappa shape index (κ3) is 15.3. The van der Waals surface area contributed by atoms with Crippen LogP contribution in [0.1, 0.15) is 77.6 Å². The highest BCUT2D eigenvalue weighted by Crippen LogP contribution is 2.08. The van der Waals surface area contributed by atoms with Gasteiger partial charge in [-0.2, -0.15) is 0 Å². The zero-order valence-electron chi connectivity index (χ0n) is 14.3. The summed E-state index contributed by atoms with van der Waals surface area (Å²) in [7, 11) is 0. The third-order valence-electron chi connectivity index (χ3n) is 3.58. The first-order valence-electron chi connectivity index (χ1n) is 8.79. The van der Waals surface area contributed by atoms with Crippen molar-refractivity contribution in [3.8, 4) is 0 Å². The van der Waals surface area contributed by atoms with E-state index in [0.717, 1.165) is 32.1 Å². The van der Waals surface area contributed by atoms with Gasteiger partial charge in [0.05, 0.1) is 0 Å². The molecule has 134 valence electrons. The van der Waals surface area contributed by atoms with Gasteiger partial charge in [0.15, 0.2) is 6.10 Å². The van der Waals surface area contributed by atoms with Crippen LogP contribution in [0, 0.1) is 0 Å². The van der Waals surface area contributed by atoms with E-state index in [9.17, 15) is 9.59 Å². The van der Waals surface area contributed by atoms with Crippen molar-refractivity contribution in [2.45, 2.75) is 83.7 Å². The molecule has 23 heavy (non-hydrogen) atoms. The van der Waals surface area contributed by atoms with Gasteiger partial charge < -0.3 is 14.9 Å². The molecule has 0 aromatic carbocycles. The number of esters is 1. The summed E-state index contributed by atoms with van der Waals surface area (Å²) in [4.78, 5) is 21.6. The molecule has 0 rings (SSSR count). The average molecular weight is 328 g/mol. The highest BCUT2D eigenvalue weighted by atomic mass is 16.5. The summed E-state index contributed by atoms with van der Waals surface area (Å²) in [5, 5.41) is 17.4. The number of unbranched alkanes of at least 4 members (excludes halogenated alkanes) is 8. The molecule has 0 bridgehead atoms. The number of carboxylic acid groups (broad SMARTS) is 1. The second-order valence-corrected chi connectivity index (χ2v) is 5.81. The molecule has 0 aliphatic rings. The fourth-order valence-electron chi connectivity index (χ4n) is 2.13. The van der Waals surface area contributed by atoms with E-state index >= 15 is 0 Å². The summed E-state index contributed by atoms with van der Waals surface area (Å²) in [5.41, 5.74) is 0. The number of hydrogen-bond acceptors (Lipinski definition) is 4. The lowest BCUT2D eigenvalue weighted by Gasteiger charge is -2.06. The first-order valence-corrected chi connectivity index (χ1v) is 8.79. The number of carbonyl (C=O) groups is 2. The molecular weight excluding hydrogens is 296 g/mol. The molecule has 0 aliphatic heterocycles. The molecule has 0 radical (unpaired) electrons. The molecule has 0 unspecified atom stereocenters. The zero-order valence-corrected chi connectivity index (χ0v) is 14.3. The Hall–Kier alpha value is -1.36. The van der Waals surface area contributed by atoms with Crippen LogP contribution in [0.5, 0.6) is 0 Å². The predicted molar refractivity (Wildman–Crippen MR) is 90.2 cm³/mol. The van der Waals surface area contributed by atoms with Crippen LogP contribution in [0.3, 0.4) is 0 Å². The summed E-state index contributed by atoms with van der Waals surface area (Å²) in [5.74, 6) is -1.83. The van der Waals surface area contributed by atoms with Crippen LogP contribution in [0.4, 0.5) is 0 Å². The van der Waals surface area contributed by atoms with Gasteiger partial charge in [-0.15, -0.1) is 0 Å². The fourth-order valence-corrected chi connectivity index (χ4v) is 2.13. The van der Waals surface area contributed by atoms with E-state index in [1.165, 1.54) is 32.1 Å². The van der Waals surface area contributed by atoms with E-state index in [-0.39, 0.29) is 6.42 Å². The first-order chi connectivity index (χ1) is 11.1. The second kappa shape index (κ2) is 15.5. The lowest BCUT2D eigenvalue weighted by atomic mass is 10.1. The number of allylic oxidation sites excluding steroid dienone is 2. The van der Waals surface area contributed by atoms with Gasteiger partial charge in [-0.3, -0.25) is 4.79 Å². The van der Waals surface area contributed by atoms with Crippen LogP contribution in [0.2, 0.25) is 0 Å². The number of rotatable bonds is 15. The van der Waals surface area contributed by atoms with Gasteiger partial charge >= 0.3 is 11.9 Å². The third-order valence-corrected chi connectivity index (χ3v) is 3.58. The summed E-state index contributed by atoms with van der Waals surface area (Å²) < 4.78 is 4.68. The number of aliphatic hydroxyl groups excluding tert-OH is 1. The van der Waals surface area contributed by atoms with Gasteiger partial charge in [0.2, 0.25) is 0 Å². The van der Waals surface area contributed by atoms with Crippen molar-refractivity contribution in [2.75, 3.05) is 6.61 Å². The first kappa shape index (κ1) is 21.6. The van der Waals surface area contributed by atoms with Gasteiger partial charge in [-0.25, -0.2) is 4.79 Å². The molecule has 5 heteroatoms. The molecule has 0 aromatic rings. The minimum atomic E-state index is -1.63. The standard InChI is InChI=1S/C18H32O5/c1-2-3-4-5-6-7-8-9-10-11-12-13-14-17(20)23-15-16(19)18(21)22/h8-9,16,19H,2-7,10-15H2,1H3,(H,21,22)/b9-8-/t16-/m1/s1. The summed E-state index contributed by atoms with van der Waals surface area (Å²) in [6, 6.07) is 0. The van der Waals surface area contributed by atoms with Crippen molar-refractivity contribution >= 4 is 11.9 Å². The summed E-state index contributed by atoms with van der Waals surface area (Å²) >= 11 is 0. The van der Waals surface area contributed by atoms with E-state index in [1.807, 2.05) is 0 Å².